The number of fused-ring (bicyclic) bond motifs is 1. The number of nitrogens with one attached hydrogen (secondary N) is 1. The van der Waals surface area contributed by atoms with E-state index >= 15 is 0 Å². The molecule has 2 aromatic heterocycles. The van der Waals surface area contributed by atoms with Crippen LogP contribution < -0.4 is 5.69 Å². The van der Waals surface area contributed by atoms with Crippen LogP contribution in [-0.2, 0) is 9.47 Å². The van der Waals surface area contributed by atoms with Crippen molar-refractivity contribution in [2.45, 2.75) is 45.3 Å². The predicted molar refractivity (Wildman–Crippen MR) is 105 cm³/mol. The molecule has 0 aromatic carbocycles. The summed E-state index contributed by atoms with van der Waals surface area (Å²) in [5.74, 6) is 0. The van der Waals surface area contributed by atoms with Crippen LogP contribution >= 0.6 is 0 Å². The van der Waals surface area contributed by atoms with Crippen LogP contribution in [0, 0.1) is 0 Å². The third kappa shape index (κ3) is 3.69. The summed E-state index contributed by atoms with van der Waals surface area (Å²) in [6.45, 7) is 7.87. The molecule has 0 saturated carbocycles. The average molecular weight is 386 g/mol. The van der Waals surface area contributed by atoms with E-state index in [1.54, 1.807) is 15.7 Å². The van der Waals surface area contributed by atoms with Crippen molar-refractivity contribution in [2.75, 3.05) is 26.3 Å². The van der Waals surface area contributed by atoms with Crippen molar-refractivity contribution in [1.82, 2.24) is 19.4 Å². The number of ether oxygens (including phenoxy) is 2. The zero-order valence-corrected chi connectivity index (χ0v) is 16.5. The highest BCUT2D eigenvalue weighted by molar-refractivity contribution is 5.78. The molecule has 8 heteroatoms. The lowest BCUT2D eigenvalue weighted by atomic mass is 10.0. The minimum absolute atomic E-state index is 0.0193. The van der Waals surface area contributed by atoms with Gasteiger partial charge in [-0.3, -0.25) is 9.55 Å². The number of pyridine rings is 1. The smallest absolute Gasteiger partial charge is 0.410 e. The maximum Gasteiger partial charge on any atom is 0.410 e. The van der Waals surface area contributed by atoms with Gasteiger partial charge < -0.3 is 14.4 Å². The Hall–Kier alpha value is -2.61. The molecular weight excluding hydrogens is 360 g/mol. The average Bonchev–Trinajstić information content (AvgIpc) is 3.27. The molecule has 1 amide bonds. The summed E-state index contributed by atoms with van der Waals surface area (Å²) >= 11 is 0. The molecule has 2 aromatic rings. The Morgan fingerprint density at radius 2 is 2.07 bits per heavy atom. The van der Waals surface area contributed by atoms with Crippen molar-refractivity contribution in [1.29, 1.82) is 0 Å². The highest BCUT2D eigenvalue weighted by Crippen LogP contribution is 2.27. The van der Waals surface area contributed by atoms with Gasteiger partial charge in [0.2, 0.25) is 0 Å². The third-order valence-electron chi connectivity index (χ3n) is 5.13. The van der Waals surface area contributed by atoms with Gasteiger partial charge in [0.1, 0.15) is 5.60 Å². The first-order valence-corrected chi connectivity index (χ1v) is 9.67. The van der Waals surface area contributed by atoms with Gasteiger partial charge in [-0.25, -0.2) is 14.6 Å². The number of H-pyrrole nitrogens is 1. The monoisotopic (exact) mass is 386 g/mol. The number of hydrogen-bond acceptors (Lipinski definition) is 5. The quantitative estimate of drug-likeness (QED) is 0.857. The van der Waals surface area contributed by atoms with E-state index in [9.17, 15) is 9.59 Å². The summed E-state index contributed by atoms with van der Waals surface area (Å²) in [7, 11) is 0. The van der Waals surface area contributed by atoms with Crippen LogP contribution in [0.15, 0.2) is 23.1 Å². The number of nitrogens with zero attached hydrogens (tertiary/aromatic N) is 3. The van der Waals surface area contributed by atoms with Crippen molar-refractivity contribution in [3.63, 3.8) is 0 Å². The van der Waals surface area contributed by atoms with E-state index in [2.05, 4.69) is 9.97 Å². The van der Waals surface area contributed by atoms with Gasteiger partial charge in [-0.15, -0.1) is 0 Å². The first-order valence-electron chi connectivity index (χ1n) is 9.67. The fourth-order valence-electron chi connectivity index (χ4n) is 3.76. The molecular formula is C20H26N4O4. The first-order chi connectivity index (χ1) is 13.3. The Morgan fingerprint density at radius 3 is 2.71 bits per heavy atom. The van der Waals surface area contributed by atoms with E-state index < -0.39 is 5.60 Å². The fourth-order valence-corrected chi connectivity index (χ4v) is 3.76. The molecule has 150 valence electrons. The van der Waals surface area contributed by atoms with Gasteiger partial charge in [0.15, 0.2) is 5.65 Å². The van der Waals surface area contributed by atoms with E-state index in [1.807, 2.05) is 32.9 Å². The zero-order chi connectivity index (χ0) is 19.9. The Labute approximate surface area is 163 Å². The number of piperidine rings is 1. The van der Waals surface area contributed by atoms with Crippen LogP contribution in [0.25, 0.3) is 16.7 Å². The molecule has 0 atom stereocenters. The Morgan fingerprint density at radius 1 is 1.32 bits per heavy atom. The lowest BCUT2D eigenvalue weighted by Crippen LogP contribution is -2.43. The van der Waals surface area contributed by atoms with Gasteiger partial charge in [-0.1, -0.05) is 6.08 Å². The molecule has 0 bridgehead atoms. The third-order valence-corrected chi connectivity index (χ3v) is 5.13. The lowest BCUT2D eigenvalue weighted by Gasteiger charge is -2.33. The number of likely N-dealkylation sites (tertiary alicyclic amines) is 1. The predicted octanol–water partition coefficient (Wildman–Crippen LogP) is 2.71. The normalized spacial score (nSPS) is 18.5. The van der Waals surface area contributed by atoms with Crippen LogP contribution in [0.4, 0.5) is 4.79 Å². The van der Waals surface area contributed by atoms with Crippen molar-refractivity contribution in [2.24, 2.45) is 0 Å². The van der Waals surface area contributed by atoms with Gasteiger partial charge in [0.25, 0.3) is 0 Å². The van der Waals surface area contributed by atoms with Crippen LogP contribution in [0.5, 0.6) is 0 Å². The van der Waals surface area contributed by atoms with Crippen LogP contribution in [0.2, 0.25) is 0 Å². The Kier molecular flexibility index (Phi) is 4.74. The second-order valence-corrected chi connectivity index (χ2v) is 8.33. The lowest BCUT2D eigenvalue weighted by molar-refractivity contribution is 0.0189. The number of imidazole rings is 1. The SMILES string of the molecule is CC(C)(C)OC(=O)N1CCC(n2c(=O)[nH]c3ncc(C4=CCOC4)cc32)CC1. The minimum Gasteiger partial charge on any atom is -0.444 e. The van der Waals surface area contributed by atoms with Crippen molar-refractivity contribution >= 4 is 22.8 Å². The Bertz CT molecular complexity index is 974. The van der Waals surface area contributed by atoms with Gasteiger partial charge >= 0.3 is 11.8 Å². The van der Waals surface area contributed by atoms with E-state index in [0.29, 0.717) is 44.8 Å². The highest BCUT2D eigenvalue weighted by Gasteiger charge is 2.29. The van der Waals surface area contributed by atoms with Crippen molar-refractivity contribution < 1.29 is 14.3 Å². The largest absolute Gasteiger partial charge is 0.444 e. The molecule has 0 unspecified atom stereocenters. The number of carbonyl (C=O) groups excluding carboxylic acids is 1. The fraction of sp³-hybridized carbons (Fsp3) is 0.550. The van der Waals surface area contributed by atoms with Crippen molar-refractivity contribution in [3.8, 4) is 0 Å². The van der Waals surface area contributed by atoms with Crippen LogP contribution in [0.3, 0.4) is 0 Å². The van der Waals surface area contributed by atoms with Gasteiger partial charge in [0.05, 0.1) is 18.7 Å². The van der Waals surface area contributed by atoms with Gasteiger partial charge in [-0.2, -0.15) is 0 Å². The highest BCUT2D eigenvalue weighted by atomic mass is 16.6. The maximum absolute atomic E-state index is 12.6. The molecule has 2 aliphatic rings. The molecule has 28 heavy (non-hydrogen) atoms. The van der Waals surface area contributed by atoms with E-state index in [-0.39, 0.29) is 17.8 Å². The Balaban J connectivity index is 1.55. The molecule has 1 fully saturated rings. The summed E-state index contributed by atoms with van der Waals surface area (Å²) in [6, 6.07) is 2.02. The molecule has 1 N–H and O–H groups in total. The van der Waals surface area contributed by atoms with Crippen LogP contribution in [0.1, 0.15) is 45.2 Å². The summed E-state index contributed by atoms with van der Waals surface area (Å²) in [4.78, 5) is 33.9. The zero-order valence-electron chi connectivity index (χ0n) is 16.5. The second-order valence-electron chi connectivity index (χ2n) is 8.33. The van der Waals surface area contributed by atoms with Gasteiger partial charge in [0, 0.05) is 30.9 Å². The standard InChI is InChI=1S/C20H26N4O4/c1-20(2,3)28-19(26)23-7-4-15(5-8-23)24-16-10-14(13-6-9-27-12-13)11-21-17(16)22-18(24)25/h6,10-11,15H,4-5,7-9,12H2,1-3H3,(H,21,22,25). The van der Waals surface area contributed by atoms with Gasteiger partial charge in [-0.05, 0) is 45.3 Å². The molecule has 4 rings (SSSR count). The number of aromatic nitrogens is 3. The summed E-state index contributed by atoms with van der Waals surface area (Å²) in [5, 5.41) is 0. The van der Waals surface area contributed by atoms with E-state index in [0.717, 1.165) is 16.7 Å². The first kappa shape index (κ1) is 18.7. The molecule has 0 aliphatic carbocycles. The minimum atomic E-state index is -0.511. The van der Waals surface area contributed by atoms with Crippen LogP contribution in [-0.4, -0.2) is 57.4 Å². The molecule has 8 nitrogen and oxygen atoms in total. The molecule has 2 aliphatic heterocycles. The molecule has 1 saturated heterocycles. The molecule has 4 heterocycles. The number of aromatic amines is 1. The second kappa shape index (κ2) is 7.09. The summed E-state index contributed by atoms with van der Waals surface area (Å²) in [6.07, 6.45) is 4.91. The topological polar surface area (TPSA) is 89.5 Å². The van der Waals surface area contributed by atoms with E-state index in [1.165, 1.54) is 0 Å². The molecule has 0 radical (unpaired) electrons. The van der Waals surface area contributed by atoms with E-state index in [4.69, 9.17) is 9.47 Å². The molecule has 0 spiro atoms. The van der Waals surface area contributed by atoms with Crippen molar-refractivity contribution in [3.05, 3.63) is 34.4 Å². The number of hydrogen-bond donors (Lipinski definition) is 1. The number of carbonyl (C=O) groups is 1. The summed E-state index contributed by atoms with van der Waals surface area (Å²) < 4.78 is 12.6. The summed E-state index contributed by atoms with van der Waals surface area (Å²) in [5.41, 5.74) is 2.78. The number of amides is 1. The maximum atomic E-state index is 12.6. The number of rotatable bonds is 2.